The van der Waals surface area contributed by atoms with Crippen LogP contribution in [0.3, 0.4) is 0 Å². The summed E-state index contributed by atoms with van der Waals surface area (Å²) in [5.74, 6) is 0.488. The highest BCUT2D eigenvalue weighted by Gasteiger charge is 2.21. The van der Waals surface area contributed by atoms with Crippen molar-refractivity contribution in [2.45, 2.75) is 51.2 Å². The Labute approximate surface area is 167 Å². The first-order chi connectivity index (χ1) is 13.6. The second kappa shape index (κ2) is 10.6. The van der Waals surface area contributed by atoms with E-state index in [4.69, 9.17) is 9.47 Å². The lowest BCUT2D eigenvalue weighted by molar-refractivity contribution is -0.122. The van der Waals surface area contributed by atoms with Crippen molar-refractivity contribution in [3.8, 4) is 0 Å². The maximum absolute atomic E-state index is 12.0. The fourth-order valence-corrected chi connectivity index (χ4v) is 4.01. The molecule has 0 bridgehead atoms. The molecule has 6 nitrogen and oxygen atoms in total. The molecule has 0 radical (unpaired) electrons. The molecule has 3 rings (SSSR count). The van der Waals surface area contributed by atoms with E-state index in [1.54, 1.807) is 0 Å². The van der Waals surface area contributed by atoms with Gasteiger partial charge in [-0.15, -0.1) is 0 Å². The van der Waals surface area contributed by atoms with Gasteiger partial charge in [-0.05, 0) is 68.8 Å². The summed E-state index contributed by atoms with van der Waals surface area (Å²) in [6, 6.07) is 7.64. The van der Waals surface area contributed by atoms with E-state index in [0.717, 1.165) is 58.3 Å². The summed E-state index contributed by atoms with van der Waals surface area (Å²) in [5, 5.41) is 3.02. The van der Waals surface area contributed by atoms with Crippen molar-refractivity contribution in [3.05, 3.63) is 35.4 Å². The number of hydrogen-bond donors (Lipinski definition) is 1. The first-order valence-corrected chi connectivity index (χ1v) is 10.4. The molecule has 0 aromatic heterocycles. The number of esters is 1. The van der Waals surface area contributed by atoms with E-state index < -0.39 is 0 Å². The minimum absolute atomic E-state index is 0.156. The maximum atomic E-state index is 12.0. The quantitative estimate of drug-likeness (QED) is 0.694. The van der Waals surface area contributed by atoms with Crippen molar-refractivity contribution in [1.29, 1.82) is 0 Å². The second-order valence-electron chi connectivity index (χ2n) is 7.89. The molecular formula is C22H32N2O4. The number of methoxy groups -OCH3 is 1. The summed E-state index contributed by atoms with van der Waals surface area (Å²) in [6.07, 6.45) is 6.25. The standard InChI is InChI=1S/C22H32N2O4/c1-27-22(26)19-7-4-18(5-8-19)16-24-12-10-17(11-13-24)6-9-21(25)23-15-20-3-2-14-28-20/h4-5,7-8,17,20H,2-3,6,9-16H2,1H3,(H,23,25). The SMILES string of the molecule is COC(=O)c1ccc(CN2CCC(CCC(=O)NCC3CCCO3)CC2)cc1. The van der Waals surface area contributed by atoms with Gasteiger partial charge in [-0.2, -0.15) is 0 Å². The van der Waals surface area contributed by atoms with Crippen molar-refractivity contribution in [2.75, 3.05) is 33.4 Å². The molecule has 6 heteroatoms. The highest BCUT2D eigenvalue weighted by atomic mass is 16.5. The molecule has 28 heavy (non-hydrogen) atoms. The Balaban J connectivity index is 1.31. The lowest BCUT2D eigenvalue weighted by Crippen LogP contribution is -2.34. The predicted octanol–water partition coefficient (Wildman–Crippen LogP) is 2.76. The van der Waals surface area contributed by atoms with Gasteiger partial charge in [-0.25, -0.2) is 4.79 Å². The highest BCUT2D eigenvalue weighted by molar-refractivity contribution is 5.89. The Morgan fingerprint density at radius 1 is 1.18 bits per heavy atom. The molecule has 1 aromatic carbocycles. The van der Waals surface area contributed by atoms with Crippen LogP contribution in [0.1, 0.15) is 54.4 Å². The van der Waals surface area contributed by atoms with Gasteiger partial charge in [0.15, 0.2) is 0 Å². The lowest BCUT2D eigenvalue weighted by Gasteiger charge is -2.32. The normalized spacial score (nSPS) is 20.8. The van der Waals surface area contributed by atoms with Crippen molar-refractivity contribution in [1.82, 2.24) is 10.2 Å². The molecule has 1 aromatic rings. The highest BCUT2D eigenvalue weighted by Crippen LogP contribution is 2.23. The number of amides is 1. The molecule has 1 amide bonds. The number of nitrogens with one attached hydrogen (secondary N) is 1. The molecule has 2 aliphatic heterocycles. The number of benzene rings is 1. The predicted molar refractivity (Wildman–Crippen MR) is 107 cm³/mol. The zero-order valence-corrected chi connectivity index (χ0v) is 16.8. The summed E-state index contributed by atoms with van der Waals surface area (Å²) in [7, 11) is 1.40. The topological polar surface area (TPSA) is 67.9 Å². The van der Waals surface area contributed by atoms with Gasteiger partial charge in [0.2, 0.25) is 5.91 Å². The van der Waals surface area contributed by atoms with Gasteiger partial charge >= 0.3 is 5.97 Å². The summed E-state index contributed by atoms with van der Waals surface area (Å²) < 4.78 is 10.3. The Hall–Kier alpha value is -1.92. The molecule has 0 saturated carbocycles. The Kier molecular flexibility index (Phi) is 7.86. The lowest BCUT2D eigenvalue weighted by atomic mass is 9.92. The number of carbonyl (C=O) groups is 2. The number of carbonyl (C=O) groups excluding carboxylic acids is 2. The Morgan fingerprint density at radius 2 is 1.93 bits per heavy atom. The van der Waals surface area contributed by atoms with E-state index in [0.29, 0.717) is 24.4 Å². The van der Waals surface area contributed by atoms with Crippen LogP contribution in [0.2, 0.25) is 0 Å². The van der Waals surface area contributed by atoms with Gasteiger partial charge in [0.1, 0.15) is 0 Å². The summed E-state index contributed by atoms with van der Waals surface area (Å²) in [6.45, 7) is 4.50. The van der Waals surface area contributed by atoms with Crippen LogP contribution in [0.4, 0.5) is 0 Å². The number of piperidine rings is 1. The van der Waals surface area contributed by atoms with Crippen molar-refractivity contribution >= 4 is 11.9 Å². The maximum Gasteiger partial charge on any atom is 0.337 e. The fourth-order valence-electron chi connectivity index (χ4n) is 4.01. The van der Waals surface area contributed by atoms with E-state index >= 15 is 0 Å². The number of likely N-dealkylation sites (tertiary alicyclic amines) is 1. The van der Waals surface area contributed by atoms with Crippen LogP contribution < -0.4 is 5.32 Å². The zero-order chi connectivity index (χ0) is 19.8. The first-order valence-electron chi connectivity index (χ1n) is 10.4. The summed E-state index contributed by atoms with van der Waals surface area (Å²) >= 11 is 0. The number of ether oxygens (including phenoxy) is 2. The summed E-state index contributed by atoms with van der Waals surface area (Å²) in [5.41, 5.74) is 1.79. The molecule has 1 unspecified atom stereocenters. The second-order valence-corrected chi connectivity index (χ2v) is 7.89. The van der Waals surface area contributed by atoms with Crippen LogP contribution in [0.15, 0.2) is 24.3 Å². The molecule has 1 atom stereocenters. The molecule has 0 aliphatic carbocycles. The van der Waals surface area contributed by atoms with Gasteiger partial charge in [0, 0.05) is 26.1 Å². The largest absolute Gasteiger partial charge is 0.465 e. The Bertz CT molecular complexity index is 632. The van der Waals surface area contributed by atoms with E-state index in [1.165, 1.54) is 12.7 Å². The molecule has 1 N–H and O–H groups in total. The number of rotatable bonds is 8. The van der Waals surface area contributed by atoms with Crippen LogP contribution >= 0.6 is 0 Å². The molecule has 2 fully saturated rings. The molecule has 2 aliphatic rings. The van der Waals surface area contributed by atoms with Crippen molar-refractivity contribution < 1.29 is 19.1 Å². The molecule has 2 heterocycles. The minimum Gasteiger partial charge on any atom is -0.465 e. The van der Waals surface area contributed by atoms with Gasteiger partial charge in [0.05, 0.1) is 18.8 Å². The summed E-state index contributed by atoms with van der Waals surface area (Å²) in [4.78, 5) is 26.0. The average Bonchev–Trinajstić information content (AvgIpc) is 3.25. The van der Waals surface area contributed by atoms with Gasteiger partial charge in [-0.1, -0.05) is 12.1 Å². The monoisotopic (exact) mass is 388 g/mol. The smallest absolute Gasteiger partial charge is 0.337 e. The van der Waals surface area contributed by atoms with Crippen LogP contribution in [0.5, 0.6) is 0 Å². The Morgan fingerprint density at radius 3 is 2.57 bits per heavy atom. The van der Waals surface area contributed by atoms with Crippen molar-refractivity contribution in [3.63, 3.8) is 0 Å². The van der Waals surface area contributed by atoms with Gasteiger partial charge in [-0.3, -0.25) is 9.69 Å². The number of hydrogen-bond acceptors (Lipinski definition) is 5. The van der Waals surface area contributed by atoms with E-state index in [2.05, 4.69) is 10.2 Å². The zero-order valence-electron chi connectivity index (χ0n) is 16.8. The number of nitrogens with zero attached hydrogens (tertiary/aromatic N) is 1. The van der Waals surface area contributed by atoms with E-state index in [-0.39, 0.29) is 18.0 Å². The molecule has 154 valence electrons. The van der Waals surface area contributed by atoms with E-state index in [1.807, 2.05) is 24.3 Å². The van der Waals surface area contributed by atoms with E-state index in [9.17, 15) is 9.59 Å². The van der Waals surface area contributed by atoms with Crippen LogP contribution in [-0.4, -0.2) is 56.2 Å². The molecule has 2 saturated heterocycles. The van der Waals surface area contributed by atoms with Gasteiger partial charge < -0.3 is 14.8 Å². The third kappa shape index (κ3) is 6.31. The fraction of sp³-hybridized carbons (Fsp3) is 0.636. The van der Waals surface area contributed by atoms with Gasteiger partial charge in [0.25, 0.3) is 0 Å². The molecule has 0 spiro atoms. The third-order valence-corrected chi connectivity index (χ3v) is 5.82. The van der Waals surface area contributed by atoms with Crippen LogP contribution in [-0.2, 0) is 20.8 Å². The first kappa shape index (κ1) is 20.8. The minimum atomic E-state index is -0.299. The van der Waals surface area contributed by atoms with Crippen molar-refractivity contribution in [2.24, 2.45) is 5.92 Å². The van der Waals surface area contributed by atoms with Crippen LogP contribution in [0.25, 0.3) is 0 Å². The average molecular weight is 389 g/mol. The molecular weight excluding hydrogens is 356 g/mol. The van der Waals surface area contributed by atoms with Crippen LogP contribution in [0, 0.1) is 5.92 Å². The third-order valence-electron chi connectivity index (χ3n) is 5.82.